The van der Waals surface area contributed by atoms with Crippen molar-refractivity contribution >= 4 is 89.5 Å². The lowest BCUT2D eigenvalue weighted by Crippen LogP contribution is -2.45. The zero-order valence-electron chi connectivity index (χ0n) is 49.4. The monoisotopic (exact) mass is 1250 g/mol. The second-order valence-corrected chi connectivity index (χ2v) is 21.3. The van der Waals surface area contributed by atoms with Crippen LogP contribution in [0.1, 0.15) is 84.9 Å². The Labute approximate surface area is 510 Å². The SMILES string of the molecule is CCC1(O)C(=O)OCc2c1cc1n(c2=O)Cc2c-1nc1cc(F)c(C)c3c1c2C(NC=O)CC3.CNCC(=O)N1CCC1.O=CCNC(=O)CNC(=O)CNC(=O)CNC(=O)CCOCCOCCOCCOCCNC(=O)CCN1C(=O)CC(S)C1=O. The normalized spacial score (nSPS) is 17.5. The van der Waals surface area contributed by atoms with Crippen LogP contribution < -0.4 is 42.8 Å². The number of aromatic nitrogens is 2. The number of aryl methyl sites for hydroxylation is 1. The fourth-order valence-corrected chi connectivity index (χ4v) is 10.3. The molecule has 88 heavy (non-hydrogen) atoms. The Morgan fingerprint density at radius 3 is 2.00 bits per heavy atom. The topological polar surface area (TPSA) is 380 Å². The van der Waals surface area contributed by atoms with Crippen molar-refractivity contribution in [3.05, 3.63) is 61.7 Å². The summed E-state index contributed by atoms with van der Waals surface area (Å²) in [6.07, 6.45) is 3.67. The molecule has 6 heterocycles. The number of halogens is 1. The first-order valence-corrected chi connectivity index (χ1v) is 29.3. The number of rotatable bonds is 31. The molecule has 31 heteroatoms. The van der Waals surface area contributed by atoms with E-state index >= 15 is 0 Å². The standard InChI is InChI=1S/C26H42N6O12S.C25H22FN3O5.C6H12N2O/c33-6-3-27-22(36)16-30-24(38)18-31-23(37)17-29-21(35)2-7-41-9-11-43-13-14-44-12-10-42-8-4-28-20(34)1-5-32-25(39)15-19(45)26(32)40;1-3-25(33)15-6-19-22-13(8-29(19)23(31)14(15)9-34-24(25)32)21-17(27-10-30)5-4-12-11(2)16(26)7-18(28-22)20(12)21;1-7-5-6(9)8-3-2-4-8/h6,19,45H,1-5,7-18H2,(H,27,36)(H,28,34)(H,29,35)(H,30,38)(H,31,37);6-7,10,17,33H,3-5,8-9H2,1-2H3,(H,27,30);7H,2-5H2,1H3. The van der Waals surface area contributed by atoms with Gasteiger partial charge in [0.15, 0.2) is 5.60 Å². The van der Waals surface area contributed by atoms with Gasteiger partial charge in [-0.3, -0.25) is 52.8 Å². The number of amides is 9. The number of ether oxygens (including phenoxy) is 5. The van der Waals surface area contributed by atoms with E-state index in [1.807, 2.05) is 4.90 Å². The lowest BCUT2D eigenvalue weighted by atomic mass is 9.81. The number of hydrogen-bond donors (Lipinski definition) is 9. The van der Waals surface area contributed by atoms with Crippen molar-refractivity contribution < 1.29 is 85.9 Å². The van der Waals surface area contributed by atoms with Crippen LogP contribution in [0.25, 0.3) is 22.3 Å². The Morgan fingerprint density at radius 2 is 1.42 bits per heavy atom. The zero-order chi connectivity index (χ0) is 63.9. The van der Waals surface area contributed by atoms with Gasteiger partial charge in [0.25, 0.3) is 5.56 Å². The van der Waals surface area contributed by atoms with Crippen LogP contribution in [0.3, 0.4) is 0 Å². The Bertz CT molecular complexity index is 3150. The number of esters is 1. The van der Waals surface area contributed by atoms with Gasteiger partial charge in [-0.05, 0) is 62.4 Å². The van der Waals surface area contributed by atoms with Crippen molar-refractivity contribution in [2.45, 2.75) is 88.8 Å². The summed E-state index contributed by atoms with van der Waals surface area (Å²) in [6.45, 7) is 7.17. The zero-order valence-corrected chi connectivity index (χ0v) is 50.2. The van der Waals surface area contributed by atoms with E-state index in [-0.39, 0.29) is 150 Å². The minimum absolute atomic E-state index is 0.0177. The quantitative estimate of drug-likeness (QED) is 0.00818. The fourth-order valence-electron chi connectivity index (χ4n) is 9.99. The van der Waals surface area contributed by atoms with Crippen LogP contribution in [0.5, 0.6) is 0 Å². The first-order chi connectivity index (χ1) is 42.3. The van der Waals surface area contributed by atoms with Crippen molar-refractivity contribution in [2.24, 2.45) is 0 Å². The van der Waals surface area contributed by atoms with Gasteiger partial charge in [-0.1, -0.05) is 6.92 Å². The number of cyclic esters (lactones) is 1. The predicted molar refractivity (Wildman–Crippen MR) is 312 cm³/mol. The van der Waals surface area contributed by atoms with E-state index in [2.05, 4.69) is 49.8 Å². The van der Waals surface area contributed by atoms with Crippen molar-refractivity contribution in [3.63, 3.8) is 0 Å². The van der Waals surface area contributed by atoms with E-state index in [1.165, 1.54) is 12.5 Å². The van der Waals surface area contributed by atoms with Crippen molar-refractivity contribution in [1.29, 1.82) is 0 Å². The van der Waals surface area contributed by atoms with Gasteiger partial charge in [-0.25, -0.2) is 14.2 Å². The molecule has 8 rings (SSSR count). The van der Waals surface area contributed by atoms with Crippen LogP contribution in [0.2, 0.25) is 0 Å². The average molecular weight is 1250 g/mol. The largest absolute Gasteiger partial charge is 0.458 e. The molecule has 0 radical (unpaired) electrons. The summed E-state index contributed by atoms with van der Waals surface area (Å²) >= 11 is 4.03. The van der Waals surface area contributed by atoms with E-state index in [0.717, 1.165) is 40.1 Å². The van der Waals surface area contributed by atoms with Crippen LogP contribution in [0.4, 0.5) is 4.39 Å². The average Bonchev–Trinajstić information content (AvgIpc) is 1.45. The number of nitrogens with zero attached hydrogens (tertiary/aromatic N) is 4. The van der Waals surface area contributed by atoms with Crippen LogP contribution in [-0.4, -0.2) is 214 Å². The highest BCUT2D eigenvalue weighted by atomic mass is 32.1. The van der Waals surface area contributed by atoms with Gasteiger partial charge in [-0.15, -0.1) is 0 Å². The maximum Gasteiger partial charge on any atom is 0.343 e. The molecule has 3 atom stereocenters. The lowest BCUT2D eigenvalue weighted by Gasteiger charge is -2.31. The van der Waals surface area contributed by atoms with Crippen LogP contribution in [0, 0.1) is 12.7 Å². The van der Waals surface area contributed by atoms with Gasteiger partial charge in [0.2, 0.25) is 53.7 Å². The van der Waals surface area contributed by atoms with E-state index in [1.54, 1.807) is 31.5 Å². The first kappa shape index (κ1) is 69.3. The van der Waals surface area contributed by atoms with Crippen molar-refractivity contribution in [1.82, 2.24) is 56.6 Å². The Hall–Kier alpha value is -7.81. The number of nitrogens with one attached hydrogen (secondary N) is 7. The van der Waals surface area contributed by atoms with Crippen LogP contribution in [-0.2, 0) is 102 Å². The second kappa shape index (κ2) is 34.1. The molecular weight excluding hydrogens is 1180 g/mol. The fraction of sp³-hybridized carbons (Fsp3) is 0.561. The maximum absolute atomic E-state index is 14.8. The van der Waals surface area contributed by atoms with E-state index < -0.39 is 40.4 Å². The maximum atomic E-state index is 14.8. The molecule has 8 N–H and O–H groups in total. The first-order valence-electron chi connectivity index (χ1n) is 28.8. The van der Waals surface area contributed by atoms with Gasteiger partial charge in [-0.2, -0.15) is 12.6 Å². The summed E-state index contributed by atoms with van der Waals surface area (Å²) in [5.41, 5.74) is 2.64. The van der Waals surface area contributed by atoms with Gasteiger partial charge in [0.1, 0.15) is 18.7 Å². The summed E-state index contributed by atoms with van der Waals surface area (Å²) in [4.78, 5) is 148. The Balaban J connectivity index is 0.000000250. The number of pyridine rings is 2. The number of thiol groups is 1. The van der Waals surface area contributed by atoms with E-state index in [4.69, 9.17) is 28.7 Å². The molecule has 2 fully saturated rings. The third-order valence-electron chi connectivity index (χ3n) is 14.8. The summed E-state index contributed by atoms with van der Waals surface area (Å²) in [5.74, 6) is -4.06. The number of aliphatic hydroxyl groups is 1. The molecule has 9 amide bonds. The number of fused-ring (bicyclic) bond motifs is 5. The molecule has 1 aliphatic carbocycles. The van der Waals surface area contributed by atoms with Gasteiger partial charge in [0.05, 0.1) is 126 Å². The highest BCUT2D eigenvalue weighted by molar-refractivity contribution is 7.81. The summed E-state index contributed by atoms with van der Waals surface area (Å²) in [7, 11) is 1.79. The molecule has 2 saturated heterocycles. The minimum Gasteiger partial charge on any atom is -0.458 e. The molecule has 3 aromatic rings. The molecule has 29 nitrogen and oxygen atoms in total. The van der Waals surface area contributed by atoms with Gasteiger partial charge >= 0.3 is 5.97 Å². The highest BCUT2D eigenvalue weighted by Gasteiger charge is 2.46. The van der Waals surface area contributed by atoms with E-state index in [0.29, 0.717) is 87.6 Å². The number of likely N-dealkylation sites (N-methyl/N-ethyl adjacent to an activating group) is 1. The summed E-state index contributed by atoms with van der Waals surface area (Å²) in [6, 6.07) is 2.72. The molecule has 1 aromatic carbocycles. The van der Waals surface area contributed by atoms with Gasteiger partial charge in [0, 0.05) is 68.0 Å². The minimum atomic E-state index is -1.92. The summed E-state index contributed by atoms with van der Waals surface area (Å²) < 4.78 is 42.8. The molecule has 0 spiro atoms. The van der Waals surface area contributed by atoms with Crippen molar-refractivity contribution in [3.8, 4) is 11.4 Å². The molecule has 0 bridgehead atoms. The third-order valence-corrected chi connectivity index (χ3v) is 15.2. The number of carbonyl (C=O) groups excluding carboxylic acids is 11. The smallest absolute Gasteiger partial charge is 0.343 e. The number of hydrogen-bond acceptors (Lipinski definition) is 21. The Morgan fingerprint density at radius 1 is 0.807 bits per heavy atom. The van der Waals surface area contributed by atoms with Gasteiger partial charge < -0.3 is 80.3 Å². The van der Waals surface area contributed by atoms with E-state index in [9.17, 15) is 67.0 Å². The number of imide groups is 1. The third kappa shape index (κ3) is 18.4. The number of aldehydes is 1. The molecule has 4 aliphatic heterocycles. The van der Waals surface area contributed by atoms with Crippen LogP contribution in [0.15, 0.2) is 16.9 Å². The summed E-state index contributed by atoms with van der Waals surface area (Å²) in [5, 5.41) is 28.8. The number of carbonyl (C=O) groups is 11. The number of likely N-dealkylation sites (tertiary alicyclic amines) is 2. The predicted octanol–water partition coefficient (Wildman–Crippen LogP) is -2.63. The lowest BCUT2D eigenvalue weighted by molar-refractivity contribution is -0.172. The molecule has 5 aliphatic rings. The highest BCUT2D eigenvalue weighted by Crippen LogP contribution is 2.46. The second-order valence-electron chi connectivity index (χ2n) is 20.7. The molecule has 2 aromatic heterocycles. The van der Waals surface area contributed by atoms with Crippen LogP contribution >= 0.6 is 12.6 Å². The van der Waals surface area contributed by atoms with Crippen molar-refractivity contribution in [2.75, 3.05) is 119 Å². The molecule has 0 saturated carbocycles. The number of benzene rings is 1. The molecule has 480 valence electrons. The molecular formula is C57H76FN11O18S. The Kier molecular flexibility index (Phi) is 26.8. The molecule has 3 unspecified atom stereocenters.